The van der Waals surface area contributed by atoms with E-state index in [4.69, 9.17) is 4.74 Å². The standard InChI is InChI=1S/C19H20F2N2O4S/c1-13-3-4-14(11-17(13)27-2)19(24)22-7-9-23(10-8-22)28(25,26)18-6-5-15(20)12-16(18)21/h3-6,11-12H,7-10H2,1-2H3. The number of rotatable bonds is 4. The van der Waals surface area contributed by atoms with E-state index in [0.717, 1.165) is 22.0 Å². The molecule has 3 rings (SSSR count). The maximum absolute atomic E-state index is 13.9. The van der Waals surface area contributed by atoms with Gasteiger partial charge in [0.15, 0.2) is 0 Å². The molecular weight excluding hydrogens is 390 g/mol. The Balaban J connectivity index is 1.72. The number of nitrogens with zero attached hydrogens (tertiary/aromatic N) is 2. The second-order valence-corrected chi connectivity index (χ2v) is 8.36. The van der Waals surface area contributed by atoms with Crippen LogP contribution in [0.25, 0.3) is 0 Å². The Morgan fingerprint density at radius 2 is 1.71 bits per heavy atom. The summed E-state index contributed by atoms with van der Waals surface area (Å²) < 4.78 is 58.6. The van der Waals surface area contributed by atoms with Crippen molar-refractivity contribution in [2.75, 3.05) is 33.3 Å². The van der Waals surface area contributed by atoms with Crippen molar-refractivity contribution in [3.63, 3.8) is 0 Å². The van der Waals surface area contributed by atoms with Crippen molar-refractivity contribution < 1.29 is 26.7 Å². The lowest BCUT2D eigenvalue weighted by molar-refractivity contribution is 0.0697. The Bertz CT molecular complexity index is 1000. The number of aryl methyl sites for hydroxylation is 1. The van der Waals surface area contributed by atoms with Crippen LogP contribution in [-0.2, 0) is 10.0 Å². The average Bonchev–Trinajstić information content (AvgIpc) is 2.67. The van der Waals surface area contributed by atoms with Gasteiger partial charge in [0.25, 0.3) is 5.91 Å². The van der Waals surface area contributed by atoms with Gasteiger partial charge < -0.3 is 9.64 Å². The highest BCUT2D eigenvalue weighted by molar-refractivity contribution is 7.89. The van der Waals surface area contributed by atoms with Crippen molar-refractivity contribution in [1.82, 2.24) is 9.21 Å². The van der Waals surface area contributed by atoms with Crippen LogP contribution in [0.2, 0.25) is 0 Å². The minimum Gasteiger partial charge on any atom is -0.496 e. The molecule has 9 heteroatoms. The monoisotopic (exact) mass is 410 g/mol. The van der Waals surface area contributed by atoms with E-state index < -0.39 is 26.6 Å². The SMILES string of the molecule is COc1cc(C(=O)N2CCN(S(=O)(=O)c3ccc(F)cc3F)CC2)ccc1C. The van der Waals surface area contributed by atoms with Crippen LogP contribution < -0.4 is 4.74 Å². The molecular formula is C19H20F2N2O4S. The quantitative estimate of drug-likeness (QED) is 0.777. The third-order valence-electron chi connectivity index (χ3n) is 4.69. The second kappa shape index (κ2) is 7.84. The van der Waals surface area contributed by atoms with Gasteiger partial charge in [-0.05, 0) is 36.8 Å². The molecule has 28 heavy (non-hydrogen) atoms. The molecule has 0 N–H and O–H groups in total. The molecule has 2 aromatic carbocycles. The number of halogens is 2. The molecule has 0 aromatic heterocycles. The summed E-state index contributed by atoms with van der Waals surface area (Å²) in [4.78, 5) is 13.7. The third-order valence-corrected chi connectivity index (χ3v) is 6.62. The number of amides is 1. The Kier molecular flexibility index (Phi) is 5.66. The summed E-state index contributed by atoms with van der Waals surface area (Å²) in [6.45, 7) is 2.24. The van der Waals surface area contributed by atoms with E-state index in [9.17, 15) is 22.0 Å². The Morgan fingerprint density at radius 1 is 1.04 bits per heavy atom. The first-order chi connectivity index (χ1) is 13.2. The van der Waals surface area contributed by atoms with Crippen LogP contribution in [0.3, 0.4) is 0 Å². The molecule has 0 unspecified atom stereocenters. The molecule has 0 radical (unpaired) electrons. The lowest BCUT2D eigenvalue weighted by Crippen LogP contribution is -2.50. The Morgan fingerprint density at radius 3 is 2.32 bits per heavy atom. The number of hydrogen-bond donors (Lipinski definition) is 0. The molecule has 1 fully saturated rings. The molecule has 150 valence electrons. The van der Waals surface area contributed by atoms with Gasteiger partial charge in [0.05, 0.1) is 7.11 Å². The van der Waals surface area contributed by atoms with Crippen molar-refractivity contribution in [3.05, 3.63) is 59.2 Å². The van der Waals surface area contributed by atoms with Crippen LogP contribution >= 0.6 is 0 Å². The Labute approximate surface area is 162 Å². The fraction of sp³-hybridized carbons (Fsp3) is 0.316. The van der Waals surface area contributed by atoms with Crippen molar-refractivity contribution in [1.29, 1.82) is 0 Å². The maximum atomic E-state index is 13.9. The van der Waals surface area contributed by atoms with Gasteiger partial charge in [0.1, 0.15) is 22.3 Å². The molecule has 0 saturated carbocycles. The zero-order valence-electron chi connectivity index (χ0n) is 15.5. The lowest BCUT2D eigenvalue weighted by atomic mass is 10.1. The van der Waals surface area contributed by atoms with Gasteiger partial charge >= 0.3 is 0 Å². The summed E-state index contributed by atoms with van der Waals surface area (Å²) in [7, 11) is -2.58. The van der Waals surface area contributed by atoms with Crippen LogP contribution in [0.1, 0.15) is 15.9 Å². The van der Waals surface area contributed by atoms with E-state index in [1.54, 1.807) is 18.2 Å². The van der Waals surface area contributed by atoms with Crippen LogP contribution in [0.4, 0.5) is 8.78 Å². The van der Waals surface area contributed by atoms with Crippen LogP contribution in [0.15, 0.2) is 41.3 Å². The number of benzene rings is 2. The van der Waals surface area contributed by atoms with Gasteiger partial charge in [-0.1, -0.05) is 6.07 Å². The summed E-state index contributed by atoms with van der Waals surface area (Å²) in [5.41, 5.74) is 1.35. The van der Waals surface area contributed by atoms with Gasteiger partial charge in [-0.25, -0.2) is 17.2 Å². The van der Waals surface area contributed by atoms with Gasteiger partial charge in [0, 0.05) is 37.8 Å². The summed E-state index contributed by atoms with van der Waals surface area (Å²) in [6.07, 6.45) is 0. The van der Waals surface area contributed by atoms with Crippen molar-refractivity contribution >= 4 is 15.9 Å². The predicted molar refractivity (Wildman–Crippen MR) is 98.8 cm³/mol. The fourth-order valence-electron chi connectivity index (χ4n) is 3.09. The van der Waals surface area contributed by atoms with E-state index in [0.29, 0.717) is 17.4 Å². The first kappa shape index (κ1) is 20.2. The largest absolute Gasteiger partial charge is 0.496 e. The number of carbonyl (C=O) groups is 1. The number of sulfonamides is 1. The average molecular weight is 410 g/mol. The van der Waals surface area contributed by atoms with E-state index >= 15 is 0 Å². The van der Waals surface area contributed by atoms with Crippen LogP contribution in [-0.4, -0.2) is 56.8 Å². The molecule has 1 amide bonds. The third kappa shape index (κ3) is 3.85. The molecule has 2 aromatic rings. The van der Waals surface area contributed by atoms with Gasteiger partial charge in [0.2, 0.25) is 10.0 Å². The van der Waals surface area contributed by atoms with Crippen molar-refractivity contribution in [2.45, 2.75) is 11.8 Å². The molecule has 0 bridgehead atoms. The highest BCUT2D eigenvalue weighted by Gasteiger charge is 2.32. The molecule has 1 aliphatic heterocycles. The lowest BCUT2D eigenvalue weighted by Gasteiger charge is -2.34. The molecule has 0 spiro atoms. The minimum absolute atomic E-state index is 0.0217. The zero-order chi connectivity index (χ0) is 20.5. The highest BCUT2D eigenvalue weighted by atomic mass is 32.2. The molecule has 1 saturated heterocycles. The zero-order valence-corrected chi connectivity index (χ0v) is 16.3. The van der Waals surface area contributed by atoms with E-state index in [2.05, 4.69) is 0 Å². The summed E-state index contributed by atoms with van der Waals surface area (Å²) in [5, 5.41) is 0. The summed E-state index contributed by atoms with van der Waals surface area (Å²) >= 11 is 0. The van der Waals surface area contributed by atoms with Gasteiger partial charge in [-0.3, -0.25) is 4.79 Å². The molecule has 6 nitrogen and oxygen atoms in total. The van der Waals surface area contributed by atoms with E-state index in [1.165, 1.54) is 12.0 Å². The molecule has 0 atom stereocenters. The fourth-order valence-corrected chi connectivity index (χ4v) is 4.56. The number of carbonyl (C=O) groups excluding carboxylic acids is 1. The van der Waals surface area contributed by atoms with Crippen LogP contribution in [0.5, 0.6) is 5.75 Å². The first-order valence-electron chi connectivity index (χ1n) is 8.63. The predicted octanol–water partition coefficient (Wildman–Crippen LogP) is 2.43. The topological polar surface area (TPSA) is 66.9 Å². The summed E-state index contributed by atoms with van der Waals surface area (Å²) in [6, 6.07) is 7.48. The number of methoxy groups -OCH3 is 1. The van der Waals surface area contributed by atoms with Gasteiger partial charge in [-0.2, -0.15) is 4.31 Å². The summed E-state index contributed by atoms with van der Waals surface area (Å²) in [5.74, 6) is -1.62. The van der Waals surface area contributed by atoms with Crippen molar-refractivity contribution in [2.24, 2.45) is 0 Å². The van der Waals surface area contributed by atoms with E-state index in [-0.39, 0.29) is 32.1 Å². The van der Waals surface area contributed by atoms with Crippen molar-refractivity contribution in [3.8, 4) is 5.75 Å². The second-order valence-electron chi connectivity index (χ2n) is 6.46. The Hall–Kier alpha value is -2.52. The minimum atomic E-state index is -4.11. The first-order valence-corrected chi connectivity index (χ1v) is 10.1. The number of ether oxygens (including phenoxy) is 1. The normalized spacial score (nSPS) is 15.5. The number of hydrogen-bond acceptors (Lipinski definition) is 4. The maximum Gasteiger partial charge on any atom is 0.254 e. The van der Waals surface area contributed by atoms with Gasteiger partial charge in [-0.15, -0.1) is 0 Å². The smallest absolute Gasteiger partial charge is 0.254 e. The number of piperazine rings is 1. The van der Waals surface area contributed by atoms with E-state index in [1.807, 2.05) is 6.92 Å². The molecule has 1 heterocycles. The molecule has 1 aliphatic rings. The molecule has 0 aliphatic carbocycles. The highest BCUT2D eigenvalue weighted by Crippen LogP contribution is 2.23. The van der Waals surface area contributed by atoms with Crippen LogP contribution in [0, 0.1) is 18.6 Å².